The fraction of sp³-hybridized carbons (Fsp3) is 0.500. The van der Waals surface area contributed by atoms with Gasteiger partial charge in [-0.15, -0.1) is 0 Å². The van der Waals surface area contributed by atoms with E-state index in [1.165, 1.54) is 4.90 Å². The van der Waals surface area contributed by atoms with Gasteiger partial charge in [-0.1, -0.05) is 39.0 Å². The van der Waals surface area contributed by atoms with Gasteiger partial charge in [-0.3, -0.25) is 9.59 Å². The Balaban J connectivity index is 0.000000526. The largest absolute Gasteiger partial charge is 0.472 e. The van der Waals surface area contributed by atoms with Gasteiger partial charge in [-0.2, -0.15) is 0 Å². The molecule has 0 radical (unpaired) electrons. The molecule has 1 aromatic heterocycles. The van der Waals surface area contributed by atoms with Crippen molar-refractivity contribution in [2.24, 2.45) is 11.1 Å². The Bertz CT molecular complexity index is 1080. The van der Waals surface area contributed by atoms with Crippen molar-refractivity contribution in [2.45, 2.75) is 58.1 Å². The first kappa shape index (κ1) is 27.2. The molecule has 2 unspecified atom stereocenters. The lowest BCUT2D eigenvalue weighted by atomic mass is 9.85. The number of hydrogen-bond acceptors (Lipinski definition) is 7. The van der Waals surface area contributed by atoms with E-state index in [-0.39, 0.29) is 13.0 Å². The van der Waals surface area contributed by atoms with E-state index in [4.69, 9.17) is 25.3 Å². The summed E-state index contributed by atoms with van der Waals surface area (Å²) in [6, 6.07) is 7.54. The lowest BCUT2D eigenvalue weighted by molar-refractivity contribution is -0.141. The molecular formula is C24H33BN4O7. The number of nitrogens with two attached hydrogens (primary N) is 1. The first-order valence-electron chi connectivity index (χ1n) is 11.9. The standard InChI is InChI=1S/C21H26N4O5.C3H7BO2/c1-21(2,3)16(24-20(28)29)19(27)25-11-13(10-15(25)17(22)26)30-18-14-7-5-4-6-12(14)8-9-23-18;5-4-2-1-3-6-4/h4-9,13,15-16,24H,10-11H2,1-3H3,(H2,22,26)(H,28,29);5H,1-3H2/t13-,15?,16?;/m1./s1. The Kier molecular flexibility index (Phi) is 8.75. The summed E-state index contributed by atoms with van der Waals surface area (Å²) in [4.78, 5) is 42.0. The number of benzene rings is 1. The molecule has 4 rings (SSSR count). The van der Waals surface area contributed by atoms with E-state index in [0.29, 0.717) is 5.88 Å². The van der Waals surface area contributed by atoms with Crippen LogP contribution >= 0.6 is 0 Å². The summed E-state index contributed by atoms with van der Waals surface area (Å²) >= 11 is 0. The second-order valence-corrected chi connectivity index (χ2v) is 9.94. The molecule has 12 heteroatoms. The SMILES string of the molecule is CC(C)(C)C(NC(=O)O)C(=O)N1C[C@H](Oc2nccc3ccccc23)CC1C(N)=O.OB1CCCO1. The van der Waals surface area contributed by atoms with Gasteiger partial charge in [-0.05, 0) is 35.7 Å². The highest BCUT2D eigenvalue weighted by molar-refractivity contribution is 6.43. The first-order valence-corrected chi connectivity index (χ1v) is 11.9. The fourth-order valence-corrected chi connectivity index (χ4v) is 4.24. The Morgan fingerprint density at radius 3 is 2.56 bits per heavy atom. The van der Waals surface area contributed by atoms with Crippen LogP contribution in [0.3, 0.4) is 0 Å². The molecule has 36 heavy (non-hydrogen) atoms. The van der Waals surface area contributed by atoms with Crippen LogP contribution in [0.5, 0.6) is 5.88 Å². The Hall–Kier alpha value is -3.38. The van der Waals surface area contributed by atoms with Crippen molar-refractivity contribution in [2.75, 3.05) is 13.2 Å². The minimum Gasteiger partial charge on any atom is -0.472 e. The highest BCUT2D eigenvalue weighted by Crippen LogP contribution is 2.30. The molecule has 3 amide bonds. The van der Waals surface area contributed by atoms with Crippen molar-refractivity contribution >= 4 is 35.8 Å². The third-order valence-electron chi connectivity index (χ3n) is 6.08. The molecule has 0 aliphatic carbocycles. The zero-order valence-corrected chi connectivity index (χ0v) is 20.7. The highest BCUT2D eigenvalue weighted by atomic mass is 16.5. The van der Waals surface area contributed by atoms with E-state index < -0.39 is 48.6 Å². The van der Waals surface area contributed by atoms with Crippen LogP contribution in [0.2, 0.25) is 6.32 Å². The maximum Gasteiger partial charge on any atom is 0.454 e. The molecule has 3 heterocycles. The van der Waals surface area contributed by atoms with Gasteiger partial charge >= 0.3 is 13.2 Å². The summed E-state index contributed by atoms with van der Waals surface area (Å²) in [5.74, 6) is -0.763. The molecule has 0 spiro atoms. The number of likely N-dealkylation sites (tertiary alicyclic amines) is 1. The summed E-state index contributed by atoms with van der Waals surface area (Å²) in [5, 5.41) is 21.7. The number of hydrogen-bond donors (Lipinski definition) is 4. The topological polar surface area (TPSA) is 164 Å². The maximum atomic E-state index is 13.2. The second kappa shape index (κ2) is 11.6. The number of aromatic nitrogens is 1. The molecule has 5 N–H and O–H groups in total. The highest BCUT2D eigenvalue weighted by Gasteiger charge is 2.45. The lowest BCUT2D eigenvalue weighted by Crippen LogP contribution is -2.57. The van der Waals surface area contributed by atoms with Gasteiger partial charge in [-0.25, -0.2) is 9.78 Å². The predicted octanol–water partition coefficient (Wildman–Crippen LogP) is 1.64. The van der Waals surface area contributed by atoms with Gasteiger partial charge in [0.05, 0.1) is 6.54 Å². The van der Waals surface area contributed by atoms with Crippen LogP contribution in [-0.2, 0) is 14.2 Å². The molecule has 0 bridgehead atoms. The molecule has 3 atom stereocenters. The molecule has 2 aliphatic rings. The van der Waals surface area contributed by atoms with Gasteiger partial charge < -0.3 is 35.5 Å². The number of nitrogens with zero attached hydrogens (tertiary/aromatic N) is 2. The third-order valence-corrected chi connectivity index (χ3v) is 6.08. The van der Waals surface area contributed by atoms with Gasteiger partial charge in [0, 0.05) is 24.6 Å². The van der Waals surface area contributed by atoms with Crippen LogP contribution in [0.1, 0.15) is 33.6 Å². The van der Waals surface area contributed by atoms with Gasteiger partial charge in [0.2, 0.25) is 17.7 Å². The van der Waals surface area contributed by atoms with Crippen LogP contribution in [0.4, 0.5) is 4.79 Å². The van der Waals surface area contributed by atoms with E-state index in [9.17, 15) is 14.4 Å². The van der Waals surface area contributed by atoms with Gasteiger partial charge in [0.15, 0.2) is 0 Å². The summed E-state index contributed by atoms with van der Waals surface area (Å²) in [6.07, 6.45) is 1.85. The molecule has 2 aliphatic heterocycles. The number of fused-ring (bicyclic) bond motifs is 1. The van der Waals surface area contributed by atoms with Crippen molar-refractivity contribution in [1.29, 1.82) is 0 Å². The quantitative estimate of drug-likeness (QED) is 0.450. The van der Waals surface area contributed by atoms with Crippen molar-refractivity contribution in [3.63, 3.8) is 0 Å². The monoisotopic (exact) mass is 500 g/mol. The van der Waals surface area contributed by atoms with Crippen LogP contribution in [0, 0.1) is 5.41 Å². The Labute approximate surface area is 210 Å². The van der Waals surface area contributed by atoms with Crippen molar-refractivity contribution < 1.29 is 33.9 Å². The summed E-state index contributed by atoms with van der Waals surface area (Å²) in [6.45, 7) is 6.07. The third kappa shape index (κ3) is 6.85. The Morgan fingerprint density at radius 1 is 1.28 bits per heavy atom. The summed E-state index contributed by atoms with van der Waals surface area (Å²) < 4.78 is 10.8. The molecule has 194 valence electrons. The van der Waals surface area contributed by atoms with Gasteiger partial charge in [0.25, 0.3) is 0 Å². The summed E-state index contributed by atoms with van der Waals surface area (Å²) in [5.41, 5.74) is 4.84. The number of primary amides is 1. The van der Waals surface area contributed by atoms with E-state index in [0.717, 1.165) is 30.1 Å². The average Bonchev–Trinajstić information content (AvgIpc) is 3.46. The van der Waals surface area contributed by atoms with E-state index in [1.807, 2.05) is 30.3 Å². The lowest BCUT2D eigenvalue weighted by Gasteiger charge is -2.34. The number of ether oxygens (including phenoxy) is 1. The number of carbonyl (C=O) groups is 3. The molecule has 2 fully saturated rings. The van der Waals surface area contributed by atoms with Crippen LogP contribution in [0.25, 0.3) is 10.8 Å². The number of pyridine rings is 1. The normalized spacial score (nSPS) is 20.4. The molecule has 1 aromatic carbocycles. The zero-order chi connectivity index (χ0) is 26.5. The van der Waals surface area contributed by atoms with Crippen LogP contribution in [-0.4, -0.2) is 76.4 Å². The maximum absolute atomic E-state index is 13.2. The fourth-order valence-electron chi connectivity index (χ4n) is 4.24. The van der Waals surface area contributed by atoms with E-state index >= 15 is 0 Å². The predicted molar refractivity (Wildman–Crippen MR) is 133 cm³/mol. The number of nitrogens with one attached hydrogen (secondary N) is 1. The first-order chi connectivity index (χ1) is 17.0. The Morgan fingerprint density at radius 2 is 2.00 bits per heavy atom. The van der Waals surface area contributed by atoms with E-state index in [1.54, 1.807) is 27.0 Å². The molecule has 2 aromatic rings. The van der Waals surface area contributed by atoms with Crippen molar-refractivity contribution in [3.05, 3.63) is 36.5 Å². The number of carboxylic acid groups (broad SMARTS) is 1. The zero-order valence-electron chi connectivity index (χ0n) is 20.7. The molecule has 0 saturated carbocycles. The smallest absolute Gasteiger partial charge is 0.454 e. The number of amides is 3. The number of rotatable bonds is 5. The summed E-state index contributed by atoms with van der Waals surface area (Å²) in [7, 11) is -0.454. The average molecular weight is 500 g/mol. The van der Waals surface area contributed by atoms with Gasteiger partial charge in [0.1, 0.15) is 18.2 Å². The molecular weight excluding hydrogens is 467 g/mol. The van der Waals surface area contributed by atoms with E-state index in [2.05, 4.69) is 10.3 Å². The van der Waals surface area contributed by atoms with Crippen molar-refractivity contribution in [3.8, 4) is 5.88 Å². The number of carbonyl (C=O) groups excluding carboxylic acids is 2. The minimum absolute atomic E-state index is 0.102. The molecule has 11 nitrogen and oxygen atoms in total. The van der Waals surface area contributed by atoms with Crippen molar-refractivity contribution in [1.82, 2.24) is 15.2 Å². The van der Waals surface area contributed by atoms with Crippen LogP contribution in [0.15, 0.2) is 36.5 Å². The molecule has 2 saturated heterocycles. The van der Waals surface area contributed by atoms with Crippen LogP contribution < -0.4 is 15.8 Å². The second-order valence-electron chi connectivity index (χ2n) is 9.94. The minimum atomic E-state index is -1.31.